The van der Waals surface area contributed by atoms with Gasteiger partial charge in [0.15, 0.2) is 23.7 Å². The van der Waals surface area contributed by atoms with E-state index < -0.39 is 24.1 Å². The number of hydrogen-bond acceptors (Lipinski definition) is 6. The third kappa shape index (κ3) is 5.11. The standard InChI is InChI=1S/C24H22N2O6/c1-31-21-14-17(12-13-20(21)32-16-22(27)28)15-25-26-23(29)24(30,18-8-4-2-5-9-18)19-10-6-3-7-11-19/h2-15,30H,16H2,1H3,(H,26,29)(H,27,28)/b25-15-. The van der Waals surface area contributed by atoms with E-state index in [1.807, 2.05) is 0 Å². The summed E-state index contributed by atoms with van der Waals surface area (Å²) in [4.78, 5) is 23.7. The Labute approximate surface area is 184 Å². The van der Waals surface area contributed by atoms with E-state index in [1.165, 1.54) is 19.4 Å². The van der Waals surface area contributed by atoms with E-state index in [1.54, 1.807) is 72.8 Å². The van der Waals surface area contributed by atoms with Crippen LogP contribution < -0.4 is 14.9 Å². The smallest absolute Gasteiger partial charge is 0.341 e. The molecule has 3 N–H and O–H groups in total. The van der Waals surface area contributed by atoms with Gasteiger partial charge in [-0.25, -0.2) is 10.2 Å². The van der Waals surface area contributed by atoms with Crippen molar-refractivity contribution in [3.8, 4) is 11.5 Å². The molecule has 32 heavy (non-hydrogen) atoms. The van der Waals surface area contributed by atoms with Crippen LogP contribution >= 0.6 is 0 Å². The lowest BCUT2D eigenvalue weighted by molar-refractivity contribution is -0.139. The molecule has 0 fully saturated rings. The van der Waals surface area contributed by atoms with Crippen LogP contribution in [-0.4, -0.2) is 42.0 Å². The third-order valence-electron chi connectivity index (χ3n) is 4.63. The van der Waals surface area contributed by atoms with Gasteiger partial charge in [0.05, 0.1) is 13.3 Å². The molecule has 3 aromatic rings. The molecule has 0 atom stereocenters. The molecule has 0 aliphatic rings. The van der Waals surface area contributed by atoms with Crippen molar-refractivity contribution in [2.75, 3.05) is 13.7 Å². The van der Waals surface area contributed by atoms with Gasteiger partial charge in [0, 0.05) is 0 Å². The Balaban J connectivity index is 1.80. The van der Waals surface area contributed by atoms with Crippen molar-refractivity contribution in [2.45, 2.75) is 5.60 Å². The van der Waals surface area contributed by atoms with Crippen LogP contribution in [0.25, 0.3) is 0 Å². The minimum atomic E-state index is -1.94. The zero-order valence-corrected chi connectivity index (χ0v) is 17.3. The Morgan fingerprint density at radius 2 is 1.56 bits per heavy atom. The largest absolute Gasteiger partial charge is 0.493 e. The third-order valence-corrected chi connectivity index (χ3v) is 4.63. The van der Waals surface area contributed by atoms with E-state index in [9.17, 15) is 14.7 Å². The summed E-state index contributed by atoms with van der Waals surface area (Å²) in [5.41, 5.74) is 1.82. The molecule has 0 bridgehead atoms. The molecular weight excluding hydrogens is 412 g/mol. The molecule has 0 saturated carbocycles. The highest BCUT2D eigenvalue weighted by Gasteiger charge is 2.39. The Kier molecular flexibility index (Phi) is 7.20. The number of carbonyl (C=O) groups excluding carboxylic acids is 1. The molecule has 0 radical (unpaired) electrons. The lowest BCUT2D eigenvalue weighted by Crippen LogP contribution is -2.43. The van der Waals surface area contributed by atoms with Gasteiger partial charge >= 0.3 is 5.97 Å². The summed E-state index contributed by atoms with van der Waals surface area (Å²) in [5, 5.41) is 24.1. The fourth-order valence-corrected chi connectivity index (χ4v) is 3.06. The van der Waals surface area contributed by atoms with E-state index in [2.05, 4.69) is 10.5 Å². The Bertz CT molecular complexity index is 1060. The SMILES string of the molecule is COc1cc(/C=N\NC(=O)C(O)(c2ccccc2)c2ccccc2)ccc1OCC(=O)O. The lowest BCUT2D eigenvalue weighted by atomic mass is 9.85. The quantitative estimate of drug-likeness (QED) is 0.352. The fraction of sp³-hybridized carbons (Fsp3) is 0.125. The predicted molar refractivity (Wildman–Crippen MR) is 118 cm³/mol. The molecule has 8 nitrogen and oxygen atoms in total. The summed E-state index contributed by atoms with van der Waals surface area (Å²) in [6, 6.07) is 21.9. The molecule has 8 heteroatoms. The predicted octanol–water partition coefficient (Wildman–Crippen LogP) is 2.54. The van der Waals surface area contributed by atoms with Crippen LogP contribution in [0.4, 0.5) is 0 Å². The number of aliphatic carboxylic acids is 1. The number of carbonyl (C=O) groups is 2. The normalized spacial score (nSPS) is 11.2. The maximum atomic E-state index is 13.0. The van der Waals surface area contributed by atoms with Crippen LogP contribution in [0.5, 0.6) is 11.5 Å². The molecule has 0 spiro atoms. The van der Waals surface area contributed by atoms with Crippen LogP contribution in [0.1, 0.15) is 16.7 Å². The van der Waals surface area contributed by atoms with Crippen molar-refractivity contribution >= 4 is 18.1 Å². The second-order valence-corrected chi connectivity index (χ2v) is 6.73. The van der Waals surface area contributed by atoms with Crippen LogP contribution in [0.3, 0.4) is 0 Å². The zero-order chi connectivity index (χ0) is 23.0. The first-order chi connectivity index (χ1) is 15.4. The number of hydrazone groups is 1. The van der Waals surface area contributed by atoms with Gasteiger partial charge < -0.3 is 19.7 Å². The Hall–Kier alpha value is -4.17. The highest BCUT2D eigenvalue weighted by atomic mass is 16.5. The Morgan fingerprint density at radius 1 is 0.969 bits per heavy atom. The molecule has 164 valence electrons. The summed E-state index contributed by atoms with van der Waals surface area (Å²) in [5.74, 6) is -1.26. The number of benzene rings is 3. The monoisotopic (exact) mass is 434 g/mol. The van der Waals surface area contributed by atoms with Gasteiger partial charge in [0.2, 0.25) is 0 Å². The van der Waals surface area contributed by atoms with Crippen molar-refractivity contribution in [3.63, 3.8) is 0 Å². The zero-order valence-electron chi connectivity index (χ0n) is 17.3. The molecule has 0 aromatic heterocycles. The summed E-state index contributed by atoms with van der Waals surface area (Å²) in [7, 11) is 1.42. The summed E-state index contributed by atoms with van der Waals surface area (Å²) in [6.45, 7) is -0.503. The van der Waals surface area contributed by atoms with Gasteiger partial charge in [0.25, 0.3) is 5.91 Å². The molecule has 0 heterocycles. The van der Waals surface area contributed by atoms with E-state index >= 15 is 0 Å². The highest BCUT2D eigenvalue weighted by Crippen LogP contribution is 2.30. The molecule has 1 amide bonds. The number of amides is 1. The van der Waals surface area contributed by atoms with Gasteiger partial charge in [-0.3, -0.25) is 4.79 Å². The summed E-state index contributed by atoms with van der Waals surface area (Å²) < 4.78 is 10.4. The number of nitrogens with zero attached hydrogens (tertiary/aromatic N) is 1. The first-order valence-electron chi connectivity index (χ1n) is 9.64. The number of nitrogens with one attached hydrogen (secondary N) is 1. The summed E-state index contributed by atoms with van der Waals surface area (Å²) >= 11 is 0. The minimum absolute atomic E-state index is 0.263. The van der Waals surface area contributed by atoms with Gasteiger partial charge in [-0.05, 0) is 34.9 Å². The second kappa shape index (κ2) is 10.2. The highest BCUT2D eigenvalue weighted by molar-refractivity contribution is 5.91. The molecule has 0 aliphatic heterocycles. The van der Waals surface area contributed by atoms with Gasteiger partial charge in [-0.15, -0.1) is 0 Å². The first-order valence-corrected chi connectivity index (χ1v) is 9.64. The minimum Gasteiger partial charge on any atom is -0.493 e. The number of aliphatic hydroxyl groups is 1. The number of ether oxygens (including phenoxy) is 2. The second-order valence-electron chi connectivity index (χ2n) is 6.73. The van der Waals surface area contributed by atoms with Crippen molar-refractivity contribution in [3.05, 3.63) is 95.6 Å². The van der Waals surface area contributed by atoms with Gasteiger partial charge in [-0.1, -0.05) is 60.7 Å². The van der Waals surface area contributed by atoms with Crippen LogP contribution in [-0.2, 0) is 15.2 Å². The average molecular weight is 434 g/mol. The lowest BCUT2D eigenvalue weighted by Gasteiger charge is -2.27. The molecule has 3 aromatic carbocycles. The van der Waals surface area contributed by atoms with E-state index in [0.29, 0.717) is 22.4 Å². The van der Waals surface area contributed by atoms with E-state index in [4.69, 9.17) is 14.6 Å². The van der Waals surface area contributed by atoms with Crippen LogP contribution in [0, 0.1) is 0 Å². The fourth-order valence-electron chi connectivity index (χ4n) is 3.06. The summed E-state index contributed by atoms with van der Waals surface area (Å²) in [6.07, 6.45) is 1.37. The molecule has 0 unspecified atom stereocenters. The van der Waals surface area contributed by atoms with Crippen LogP contribution in [0.15, 0.2) is 84.0 Å². The topological polar surface area (TPSA) is 117 Å². The molecule has 0 aliphatic carbocycles. The maximum absolute atomic E-state index is 13.0. The van der Waals surface area contributed by atoms with Crippen molar-refractivity contribution < 1.29 is 29.3 Å². The number of methoxy groups -OCH3 is 1. The maximum Gasteiger partial charge on any atom is 0.341 e. The van der Waals surface area contributed by atoms with E-state index in [-0.39, 0.29) is 5.75 Å². The molecule has 3 rings (SSSR count). The number of carboxylic acid groups (broad SMARTS) is 1. The van der Waals surface area contributed by atoms with Gasteiger partial charge in [0.1, 0.15) is 0 Å². The van der Waals surface area contributed by atoms with Crippen LogP contribution in [0.2, 0.25) is 0 Å². The first kappa shape index (κ1) is 22.5. The van der Waals surface area contributed by atoms with Gasteiger partial charge in [-0.2, -0.15) is 5.10 Å². The Morgan fingerprint density at radius 3 is 2.09 bits per heavy atom. The average Bonchev–Trinajstić information content (AvgIpc) is 2.83. The van der Waals surface area contributed by atoms with Crippen molar-refractivity contribution in [2.24, 2.45) is 5.10 Å². The van der Waals surface area contributed by atoms with Crippen molar-refractivity contribution in [1.82, 2.24) is 5.43 Å². The molecule has 0 saturated heterocycles. The number of hydrogen-bond donors (Lipinski definition) is 3. The van der Waals surface area contributed by atoms with E-state index in [0.717, 1.165) is 0 Å². The van der Waals surface area contributed by atoms with Crippen molar-refractivity contribution in [1.29, 1.82) is 0 Å². The molecular formula is C24H22N2O6. The number of rotatable bonds is 9. The number of carboxylic acids is 1.